The van der Waals surface area contributed by atoms with E-state index in [1.54, 1.807) is 0 Å². The van der Waals surface area contributed by atoms with Crippen molar-refractivity contribution in [2.45, 2.75) is 0 Å². The molecular formula is C8H6BrNO4. The number of pyridine rings is 1. The molecule has 0 bridgehead atoms. The molecule has 14 heavy (non-hydrogen) atoms. The maximum atomic E-state index is 11.2. The van der Waals surface area contributed by atoms with Crippen LogP contribution in [0.2, 0.25) is 0 Å². The topological polar surface area (TPSA) is 76.5 Å². The zero-order valence-electron chi connectivity index (χ0n) is 7.15. The number of Topliss-reactive ketones (excluding diaryl/α,β-unsaturated/α-hetero) is 1. The van der Waals surface area contributed by atoms with Crippen LogP contribution < -0.4 is 4.74 Å². The van der Waals surface area contributed by atoms with Gasteiger partial charge < -0.3 is 9.84 Å². The second kappa shape index (κ2) is 4.19. The first-order valence-electron chi connectivity index (χ1n) is 3.53. The molecule has 0 fully saturated rings. The van der Waals surface area contributed by atoms with E-state index in [2.05, 4.69) is 20.9 Å². The molecule has 0 unspecified atom stereocenters. The van der Waals surface area contributed by atoms with Crippen molar-refractivity contribution in [3.63, 3.8) is 0 Å². The van der Waals surface area contributed by atoms with Gasteiger partial charge in [-0.15, -0.1) is 0 Å². The fourth-order valence-electron chi connectivity index (χ4n) is 0.899. The number of aliphatic carboxylic acids is 1. The van der Waals surface area contributed by atoms with Gasteiger partial charge in [0.2, 0.25) is 0 Å². The van der Waals surface area contributed by atoms with Gasteiger partial charge in [-0.05, 0) is 15.9 Å². The first kappa shape index (κ1) is 10.6. The van der Waals surface area contributed by atoms with Gasteiger partial charge in [0, 0.05) is 6.20 Å². The molecule has 1 N–H and O–H groups in total. The molecule has 1 heterocycles. The molecule has 0 aliphatic rings. The lowest BCUT2D eigenvalue weighted by Gasteiger charge is -2.05. The minimum atomic E-state index is -1.53. The normalized spacial score (nSPS) is 9.57. The van der Waals surface area contributed by atoms with Gasteiger partial charge in [0.05, 0.1) is 23.3 Å². The van der Waals surface area contributed by atoms with Crippen molar-refractivity contribution in [2.75, 3.05) is 7.11 Å². The van der Waals surface area contributed by atoms with Gasteiger partial charge >= 0.3 is 5.97 Å². The zero-order chi connectivity index (χ0) is 10.7. The lowest BCUT2D eigenvalue weighted by Crippen LogP contribution is -2.14. The van der Waals surface area contributed by atoms with Gasteiger partial charge in [-0.2, -0.15) is 0 Å². The molecule has 0 saturated carbocycles. The van der Waals surface area contributed by atoms with Crippen molar-refractivity contribution in [3.8, 4) is 5.75 Å². The van der Waals surface area contributed by atoms with E-state index < -0.39 is 11.8 Å². The van der Waals surface area contributed by atoms with Crippen LogP contribution in [0.5, 0.6) is 5.75 Å². The average Bonchev–Trinajstić information content (AvgIpc) is 2.16. The summed E-state index contributed by atoms with van der Waals surface area (Å²) in [5, 5.41) is 8.53. The van der Waals surface area contributed by atoms with Crippen molar-refractivity contribution in [3.05, 3.63) is 22.4 Å². The maximum absolute atomic E-state index is 11.2. The molecule has 0 aliphatic carbocycles. The summed E-state index contributed by atoms with van der Waals surface area (Å²) in [4.78, 5) is 25.4. The van der Waals surface area contributed by atoms with Gasteiger partial charge in [0.1, 0.15) is 5.75 Å². The molecule has 1 aromatic rings. The Morgan fingerprint density at radius 1 is 1.50 bits per heavy atom. The highest BCUT2D eigenvalue weighted by atomic mass is 79.9. The first-order valence-corrected chi connectivity index (χ1v) is 4.32. The SMILES string of the molecule is COc1cncc(Br)c1C(=O)C(=O)O. The van der Waals surface area contributed by atoms with Crippen LogP contribution in [-0.4, -0.2) is 29.0 Å². The molecule has 0 radical (unpaired) electrons. The number of carboxylic acid groups (broad SMARTS) is 1. The molecule has 0 saturated heterocycles. The van der Waals surface area contributed by atoms with Crippen LogP contribution in [0.3, 0.4) is 0 Å². The molecule has 0 aliphatic heterocycles. The van der Waals surface area contributed by atoms with E-state index >= 15 is 0 Å². The molecule has 6 heteroatoms. The van der Waals surface area contributed by atoms with Crippen LogP contribution in [0.1, 0.15) is 10.4 Å². The zero-order valence-corrected chi connectivity index (χ0v) is 8.74. The van der Waals surface area contributed by atoms with Gasteiger partial charge in [0.25, 0.3) is 5.78 Å². The van der Waals surface area contributed by atoms with Crippen LogP contribution in [-0.2, 0) is 4.79 Å². The van der Waals surface area contributed by atoms with Crippen molar-refractivity contribution in [1.82, 2.24) is 4.98 Å². The lowest BCUT2D eigenvalue weighted by atomic mass is 10.1. The molecule has 0 amide bonds. The molecule has 74 valence electrons. The Kier molecular flexibility index (Phi) is 3.19. The standard InChI is InChI=1S/C8H6BrNO4/c1-14-5-3-10-2-4(9)6(5)7(11)8(12)13/h2-3H,1H3,(H,12,13). The number of carbonyl (C=O) groups excluding carboxylic acids is 1. The summed E-state index contributed by atoms with van der Waals surface area (Å²) < 4.78 is 5.12. The van der Waals surface area contributed by atoms with E-state index in [0.29, 0.717) is 4.47 Å². The highest BCUT2D eigenvalue weighted by molar-refractivity contribution is 9.10. The highest BCUT2D eigenvalue weighted by Gasteiger charge is 2.22. The average molecular weight is 260 g/mol. The number of carbonyl (C=O) groups is 2. The van der Waals surface area contributed by atoms with Gasteiger partial charge in [-0.25, -0.2) is 4.79 Å². The summed E-state index contributed by atoms with van der Waals surface area (Å²) in [6.07, 6.45) is 2.61. The molecular weight excluding hydrogens is 254 g/mol. The summed E-state index contributed by atoms with van der Waals surface area (Å²) in [5.74, 6) is -2.43. The van der Waals surface area contributed by atoms with E-state index in [0.717, 1.165) is 0 Å². The predicted molar refractivity (Wildman–Crippen MR) is 50.5 cm³/mol. The number of ketones is 1. The Labute approximate surface area is 87.8 Å². The van der Waals surface area contributed by atoms with Gasteiger partial charge in [-0.3, -0.25) is 9.78 Å². The Hall–Kier alpha value is -1.43. The number of carboxylic acids is 1. The third-order valence-electron chi connectivity index (χ3n) is 1.51. The summed E-state index contributed by atoms with van der Waals surface area (Å²) in [7, 11) is 1.34. The minimum absolute atomic E-state index is 0.0324. The Morgan fingerprint density at radius 2 is 2.14 bits per heavy atom. The van der Waals surface area contributed by atoms with Crippen LogP contribution in [0.15, 0.2) is 16.9 Å². The van der Waals surface area contributed by atoms with Gasteiger partial charge in [0.15, 0.2) is 0 Å². The monoisotopic (exact) mass is 259 g/mol. The summed E-state index contributed by atoms with van der Waals surface area (Å²) in [6.45, 7) is 0. The number of halogens is 1. The van der Waals surface area contributed by atoms with E-state index in [-0.39, 0.29) is 11.3 Å². The van der Waals surface area contributed by atoms with E-state index in [9.17, 15) is 9.59 Å². The summed E-state index contributed by atoms with van der Waals surface area (Å²) >= 11 is 3.03. The third-order valence-corrected chi connectivity index (χ3v) is 2.11. The van der Waals surface area contributed by atoms with Crippen LogP contribution in [0.25, 0.3) is 0 Å². The Bertz CT molecular complexity index is 391. The number of aromatic nitrogens is 1. The van der Waals surface area contributed by atoms with E-state index in [1.165, 1.54) is 19.5 Å². The number of nitrogens with zero attached hydrogens (tertiary/aromatic N) is 1. The fraction of sp³-hybridized carbons (Fsp3) is 0.125. The first-order chi connectivity index (χ1) is 6.57. The predicted octanol–water partition coefficient (Wildman–Crippen LogP) is 1.12. The number of hydrogen-bond acceptors (Lipinski definition) is 4. The van der Waals surface area contributed by atoms with Crippen molar-refractivity contribution in [2.24, 2.45) is 0 Å². The fourth-order valence-corrected chi connectivity index (χ4v) is 1.39. The number of rotatable bonds is 3. The second-order valence-electron chi connectivity index (χ2n) is 2.33. The smallest absolute Gasteiger partial charge is 0.377 e. The van der Waals surface area contributed by atoms with Gasteiger partial charge in [-0.1, -0.05) is 0 Å². The largest absolute Gasteiger partial charge is 0.494 e. The van der Waals surface area contributed by atoms with Crippen molar-refractivity contribution in [1.29, 1.82) is 0 Å². The molecule has 1 aromatic heterocycles. The van der Waals surface area contributed by atoms with Crippen LogP contribution in [0, 0.1) is 0 Å². The molecule has 0 spiro atoms. The Morgan fingerprint density at radius 3 is 2.64 bits per heavy atom. The number of methoxy groups -OCH3 is 1. The quantitative estimate of drug-likeness (QED) is 0.650. The highest BCUT2D eigenvalue weighted by Crippen LogP contribution is 2.25. The Balaban J connectivity index is 3.30. The van der Waals surface area contributed by atoms with Crippen LogP contribution >= 0.6 is 15.9 Å². The number of hydrogen-bond donors (Lipinski definition) is 1. The second-order valence-corrected chi connectivity index (χ2v) is 3.19. The summed E-state index contributed by atoms with van der Waals surface area (Å²) in [5.41, 5.74) is -0.0324. The third kappa shape index (κ3) is 1.90. The molecule has 0 atom stereocenters. The minimum Gasteiger partial charge on any atom is -0.494 e. The molecule has 0 aromatic carbocycles. The lowest BCUT2D eigenvalue weighted by molar-refractivity contribution is -0.131. The maximum Gasteiger partial charge on any atom is 0.377 e. The van der Waals surface area contributed by atoms with Crippen molar-refractivity contribution < 1.29 is 19.4 Å². The van der Waals surface area contributed by atoms with E-state index in [1.807, 2.05) is 0 Å². The molecule has 1 rings (SSSR count). The van der Waals surface area contributed by atoms with E-state index in [4.69, 9.17) is 9.84 Å². The van der Waals surface area contributed by atoms with Crippen LogP contribution in [0.4, 0.5) is 0 Å². The number of ether oxygens (including phenoxy) is 1. The summed E-state index contributed by atoms with van der Waals surface area (Å²) in [6, 6.07) is 0. The van der Waals surface area contributed by atoms with Crippen molar-refractivity contribution >= 4 is 27.7 Å². The molecule has 5 nitrogen and oxygen atoms in total.